The highest BCUT2D eigenvalue weighted by molar-refractivity contribution is 5.88. The fourth-order valence-corrected chi connectivity index (χ4v) is 2.55. The van der Waals surface area contributed by atoms with E-state index in [0.717, 1.165) is 10.8 Å². The Balaban J connectivity index is 1.86. The van der Waals surface area contributed by atoms with E-state index in [1.54, 1.807) is 36.4 Å². The molecular formula is C17H11O6+. The lowest BCUT2D eigenvalue weighted by molar-refractivity contribution is 0.316. The van der Waals surface area contributed by atoms with Gasteiger partial charge in [0, 0.05) is 6.07 Å². The molecule has 0 aliphatic carbocycles. The minimum Gasteiger partial charge on any atom is -0.501 e. The smallest absolute Gasteiger partial charge is 0.501 e. The first kappa shape index (κ1) is 13.3. The molecule has 0 saturated heterocycles. The molecule has 114 valence electrons. The summed E-state index contributed by atoms with van der Waals surface area (Å²) in [5.41, 5.74) is 1.93. The number of hydrogen-bond donors (Lipinski definition) is 4. The predicted octanol–water partition coefficient (Wildman–Crippen LogP) is 2.04. The summed E-state index contributed by atoms with van der Waals surface area (Å²) in [6.45, 7) is 0. The molecule has 1 aromatic heterocycles. The van der Waals surface area contributed by atoms with Gasteiger partial charge in [-0.1, -0.05) is 6.07 Å². The van der Waals surface area contributed by atoms with Gasteiger partial charge in [0.1, 0.15) is 11.1 Å². The first-order chi connectivity index (χ1) is 11.0. The SMILES string of the molecule is OC1=C(O)c2cc(=Cc3ccc4oc(O)c(O)c4c3)ccc2=[O+]1. The molecule has 2 heterocycles. The topological polar surface area (TPSA) is 105 Å². The van der Waals surface area contributed by atoms with Crippen LogP contribution in [-0.2, 0) is 0 Å². The summed E-state index contributed by atoms with van der Waals surface area (Å²) >= 11 is 0. The van der Waals surface area contributed by atoms with Crippen molar-refractivity contribution < 1.29 is 24.8 Å². The van der Waals surface area contributed by atoms with Crippen LogP contribution in [0.5, 0.6) is 11.7 Å². The minimum absolute atomic E-state index is 0.303. The molecule has 4 N–H and O–H groups in total. The van der Waals surface area contributed by atoms with Crippen LogP contribution in [0.15, 0.2) is 51.2 Å². The van der Waals surface area contributed by atoms with E-state index in [1.165, 1.54) is 0 Å². The Morgan fingerprint density at radius 3 is 2.61 bits per heavy atom. The molecule has 6 nitrogen and oxygen atoms in total. The Hall–Kier alpha value is -3.41. The van der Waals surface area contributed by atoms with Crippen molar-refractivity contribution in [2.45, 2.75) is 0 Å². The summed E-state index contributed by atoms with van der Waals surface area (Å²) in [6, 6.07) is 10.2. The second-order valence-electron chi connectivity index (χ2n) is 5.17. The number of fused-ring (bicyclic) bond motifs is 2. The molecule has 2 aromatic carbocycles. The summed E-state index contributed by atoms with van der Waals surface area (Å²) in [5, 5.41) is 39.4. The molecule has 0 saturated carbocycles. The third kappa shape index (κ3) is 2.00. The third-order valence-electron chi connectivity index (χ3n) is 3.67. The Morgan fingerprint density at radius 1 is 0.957 bits per heavy atom. The maximum atomic E-state index is 9.74. The standard InChI is InChI=1S/C17H10O6/c18-14-10-6-8(1-3-12(10)22-16(14)20)5-9-2-4-13-11(7-9)15(19)17(21)23-13/h1-7H,(H3-,18,19,20,21)/p+1. The maximum Gasteiger partial charge on any atom is 0.561 e. The van der Waals surface area contributed by atoms with E-state index in [-0.39, 0.29) is 11.5 Å². The lowest BCUT2D eigenvalue weighted by Crippen LogP contribution is -2.11. The molecule has 1 aliphatic rings. The van der Waals surface area contributed by atoms with Crippen molar-refractivity contribution in [3.05, 3.63) is 68.5 Å². The van der Waals surface area contributed by atoms with Gasteiger partial charge in [-0.15, -0.1) is 0 Å². The molecular weight excluding hydrogens is 300 g/mol. The lowest BCUT2D eigenvalue weighted by atomic mass is 10.1. The quantitative estimate of drug-likeness (QED) is 0.515. The lowest BCUT2D eigenvalue weighted by Gasteiger charge is -1.95. The molecule has 0 radical (unpaired) electrons. The number of rotatable bonds is 1. The van der Waals surface area contributed by atoms with Crippen molar-refractivity contribution in [3.8, 4) is 11.7 Å². The molecule has 0 spiro atoms. The van der Waals surface area contributed by atoms with Gasteiger partial charge < -0.3 is 24.8 Å². The van der Waals surface area contributed by atoms with E-state index in [4.69, 9.17) is 8.84 Å². The number of aliphatic hydroxyl groups excluding tert-OH is 2. The van der Waals surface area contributed by atoms with Crippen molar-refractivity contribution in [1.82, 2.24) is 0 Å². The van der Waals surface area contributed by atoms with Crippen molar-refractivity contribution >= 4 is 22.8 Å². The molecule has 6 heteroatoms. The molecule has 0 amide bonds. The summed E-state index contributed by atoms with van der Waals surface area (Å²) < 4.78 is 10.00. The highest BCUT2D eigenvalue weighted by Gasteiger charge is 2.26. The molecule has 23 heavy (non-hydrogen) atoms. The van der Waals surface area contributed by atoms with Crippen LogP contribution in [-0.4, -0.2) is 20.4 Å². The molecule has 1 aliphatic heterocycles. The van der Waals surface area contributed by atoms with Gasteiger partial charge in [0.2, 0.25) is 5.75 Å². The first-order valence-electron chi connectivity index (χ1n) is 6.76. The Kier molecular flexibility index (Phi) is 2.62. The van der Waals surface area contributed by atoms with E-state index < -0.39 is 11.9 Å². The van der Waals surface area contributed by atoms with Crippen molar-refractivity contribution in [2.75, 3.05) is 0 Å². The van der Waals surface area contributed by atoms with Crippen LogP contribution in [0.4, 0.5) is 0 Å². The van der Waals surface area contributed by atoms with Crippen molar-refractivity contribution in [2.24, 2.45) is 0 Å². The monoisotopic (exact) mass is 311 g/mol. The highest BCUT2D eigenvalue weighted by atomic mass is 16.5. The van der Waals surface area contributed by atoms with Gasteiger partial charge in [-0.2, -0.15) is 0 Å². The molecule has 3 aromatic rings. The van der Waals surface area contributed by atoms with Crippen LogP contribution in [0.25, 0.3) is 22.8 Å². The van der Waals surface area contributed by atoms with Gasteiger partial charge in [0.15, 0.2) is 0 Å². The molecule has 4 rings (SSSR count). The van der Waals surface area contributed by atoms with Gasteiger partial charge in [-0.25, -0.2) is 0 Å². The normalized spacial score (nSPS) is 14.3. The van der Waals surface area contributed by atoms with Crippen molar-refractivity contribution in [3.63, 3.8) is 0 Å². The molecule has 0 fully saturated rings. The van der Waals surface area contributed by atoms with Gasteiger partial charge >= 0.3 is 11.9 Å². The molecule has 0 atom stereocenters. The number of hydrogen-bond acceptors (Lipinski definition) is 5. The zero-order valence-corrected chi connectivity index (χ0v) is 11.6. The zero-order chi connectivity index (χ0) is 16.1. The fraction of sp³-hybridized carbons (Fsp3) is 0. The zero-order valence-electron chi connectivity index (χ0n) is 11.6. The van der Waals surface area contributed by atoms with Gasteiger partial charge in [-0.3, -0.25) is 4.42 Å². The van der Waals surface area contributed by atoms with E-state index >= 15 is 0 Å². The minimum atomic E-state index is -0.516. The van der Waals surface area contributed by atoms with Crippen LogP contribution >= 0.6 is 0 Å². The predicted molar refractivity (Wildman–Crippen MR) is 83.2 cm³/mol. The summed E-state index contributed by atoms with van der Waals surface area (Å²) in [4.78, 5) is 0. The van der Waals surface area contributed by atoms with E-state index in [2.05, 4.69) is 0 Å². The number of furan rings is 1. The Morgan fingerprint density at radius 2 is 1.78 bits per heavy atom. The second kappa shape index (κ2) is 4.54. The fourth-order valence-electron chi connectivity index (χ4n) is 2.55. The summed E-state index contributed by atoms with van der Waals surface area (Å²) in [6.07, 6.45) is 1.81. The van der Waals surface area contributed by atoms with Crippen LogP contribution in [0.1, 0.15) is 11.1 Å². The largest absolute Gasteiger partial charge is 0.561 e. The first-order valence-corrected chi connectivity index (χ1v) is 6.76. The summed E-state index contributed by atoms with van der Waals surface area (Å²) in [7, 11) is 0. The van der Waals surface area contributed by atoms with Gasteiger partial charge in [0.25, 0.3) is 11.2 Å². The number of benzene rings is 2. The van der Waals surface area contributed by atoms with Crippen molar-refractivity contribution in [1.29, 1.82) is 0 Å². The molecule has 0 unspecified atom stereocenters. The average molecular weight is 311 g/mol. The van der Waals surface area contributed by atoms with Crippen LogP contribution in [0.3, 0.4) is 0 Å². The maximum absolute atomic E-state index is 9.74. The third-order valence-corrected chi connectivity index (χ3v) is 3.67. The van der Waals surface area contributed by atoms with E-state index in [9.17, 15) is 20.4 Å². The second-order valence-corrected chi connectivity index (χ2v) is 5.17. The van der Waals surface area contributed by atoms with E-state index in [1.807, 2.05) is 6.08 Å². The number of aromatic hydroxyl groups is 2. The number of aliphatic hydroxyl groups is 2. The van der Waals surface area contributed by atoms with Crippen LogP contribution < -0.4 is 10.6 Å². The van der Waals surface area contributed by atoms with E-state index in [0.29, 0.717) is 22.0 Å². The highest BCUT2D eigenvalue weighted by Crippen LogP contribution is 2.37. The molecule has 0 bridgehead atoms. The Bertz CT molecular complexity index is 1100. The van der Waals surface area contributed by atoms with Crippen LogP contribution in [0.2, 0.25) is 0 Å². The van der Waals surface area contributed by atoms with Gasteiger partial charge in [0.05, 0.1) is 5.39 Å². The average Bonchev–Trinajstić information content (AvgIpc) is 2.98. The summed E-state index contributed by atoms with van der Waals surface area (Å²) in [5.74, 6) is -1.64. The Labute approximate surface area is 128 Å². The van der Waals surface area contributed by atoms with Gasteiger partial charge in [-0.05, 0) is 41.1 Å². The van der Waals surface area contributed by atoms with Crippen LogP contribution in [0, 0.1) is 0 Å².